The van der Waals surface area contributed by atoms with Gasteiger partial charge in [-0.15, -0.1) is 0 Å². The number of hydrogen-bond acceptors (Lipinski definition) is 2. The monoisotopic (exact) mass is 812 g/mol. The molecule has 9 aromatic carbocycles. The van der Waals surface area contributed by atoms with E-state index in [2.05, 4.69) is 240 Å². The summed E-state index contributed by atoms with van der Waals surface area (Å²) in [7, 11) is 0. The SMILES string of the molecule is c1ccc(N2c3ccccc3B3c4ccc(C5c6cccc[c]6[Ge]([c]6ccccc6)([c]6ccccc6)[c]6ccccc65)cc4N(c4ccccc4)c4cccc2c43)cc1. The fourth-order valence-electron chi connectivity index (χ4n) is 10.8. The summed E-state index contributed by atoms with van der Waals surface area (Å²) in [6, 6.07) is 86.8. The van der Waals surface area contributed by atoms with Gasteiger partial charge in [0.05, 0.1) is 0 Å². The van der Waals surface area contributed by atoms with E-state index >= 15 is 0 Å². The van der Waals surface area contributed by atoms with Crippen LogP contribution in [0.2, 0.25) is 0 Å². The summed E-state index contributed by atoms with van der Waals surface area (Å²) in [4.78, 5) is 4.99. The molecule has 0 saturated heterocycles. The summed E-state index contributed by atoms with van der Waals surface area (Å²) >= 11 is -3.47. The van der Waals surface area contributed by atoms with Crippen molar-refractivity contribution in [1.29, 1.82) is 0 Å². The van der Waals surface area contributed by atoms with Gasteiger partial charge in [-0.05, 0) is 12.1 Å². The van der Waals surface area contributed by atoms with Gasteiger partial charge in [0, 0.05) is 0 Å². The molecule has 0 N–H and O–H groups in total. The van der Waals surface area contributed by atoms with E-state index in [4.69, 9.17) is 0 Å². The maximum Gasteiger partial charge on any atom is -0.0380 e. The van der Waals surface area contributed by atoms with Gasteiger partial charge in [-0.3, -0.25) is 0 Å². The molecule has 0 fully saturated rings. The Morgan fingerprint density at radius 2 is 0.797 bits per heavy atom. The fourth-order valence-corrected chi connectivity index (χ4v) is 21.9. The number of anilines is 6. The Morgan fingerprint density at radius 1 is 0.356 bits per heavy atom. The van der Waals surface area contributed by atoms with Crippen molar-refractivity contribution in [3.8, 4) is 0 Å². The predicted molar refractivity (Wildman–Crippen MR) is 251 cm³/mol. The smallest absolute Gasteiger partial charge is 0.0380 e. The largest absolute Gasteiger partial charge is 0.0602 e. The molecule has 3 aliphatic heterocycles. The second-order valence-corrected chi connectivity index (χ2v) is 23.8. The van der Waals surface area contributed by atoms with Gasteiger partial charge in [-0.25, -0.2) is 0 Å². The summed E-state index contributed by atoms with van der Waals surface area (Å²) < 4.78 is 5.96. The van der Waals surface area contributed by atoms with Crippen molar-refractivity contribution in [2.75, 3.05) is 9.80 Å². The van der Waals surface area contributed by atoms with E-state index in [9.17, 15) is 0 Å². The fraction of sp³-hybridized carbons (Fsp3) is 0.0182. The number of nitrogens with zero attached hydrogens (tertiary/aromatic N) is 2. The van der Waals surface area contributed by atoms with Crippen molar-refractivity contribution >= 4 is 88.1 Å². The van der Waals surface area contributed by atoms with Gasteiger partial charge in [0.2, 0.25) is 0 Å². The van der Waals surface area contributed by atoms with Crippen LogP contribution in [0, 0.1) is 0 Å². The topological polar surface area (TPSA) is 6.48 Å². The molecule has 3 heterocycles. The van der Waals surface area contributed by atoms with E-state index in [1.54, 1.807) is 0 Å². The van der Waals surface area contributed by atoms with Crippen molar-refractivity contribution in [1.82, 2.24) is 0 Å². The number of para-hydroxylation sites is 3. The number of benzene rings is 9. The summed E-state index contributed by atoms with van der Waals surface area (Å²) in [5, 5.41) is 0. The average Bonchev–Trinajstić information content (AvgIpc) is 3.31. The zero-order valence-corrected chi connectivity index (χ0v) is 34.6. The molecule has 0 atom stereocenters. The second-order valence-electron chi connectivity index (χ2n) is 16.0. The molecule has 0 amide bonds. The van der Waals surface area contributed by atoms with Crippen molar-refractivity contribution in [2.45, 2.75) is 5.92 Å². The third-order valence-corrected chi connectivity index (χ3v) is 23.4. The van der Waals surface area contributed by atoms with Crippen LogP contribution in [0.1, 0.15) is 22.6 Å². The van der Waals surface area contributed by atoms with Crippen LogP contribution in [0.15, 0.2) is 231 Å². The van der Waals surface area contributed by atoms with E-state index < -0.39 is 13.3 Å². The maximum absolute atomic E-state index is 3.47. The van der Waals surface area contributed by atoms with Gasteiger partial charge in [-0.1, -0.05) is 18.2 Å². The quantitative estimate of drug-likeness (QED) is 0.161. The zero-order valence-electron chi connectivity index (χ0n) is 32.5. The molecular weight excluding hydrogens is 772 g/mol. The Morgan fingerprint density at radius 3 is 1.37 bits per heavy atom. The normalized spacial score (nSPS) is 14.4. The summed E-state index contributed by atoms with van der Waals surface area (Å²) in [6.07, 6.45) is 0. The molecule has 0 aromatic heterocycles. The minimum atomic E-state index is -3.47. The van der Waals surface area contributed by atoms with Crippen LogP contribution in [0.25, 0.3) is 0 Å². The van der Waals surface area contributed by atoms with Crippen LogP contribution in [0.4, 0.5) is 34.1 Å². The van der Waals surface area contributed by atoms with Gasteiger partial charge in [0.25, 0.3) is 0 Å². The minimum absolute atomic E-state index is 0.0662. The molecule has 0 aliphatic carbocycles. The molecular formula is C55H39BGeN2. The van der Waals surface area contributed by atoms with Crippen LogP contribution in [0.5, 0.6) is 0 Å². The predicted octanol–water partition coefficient (Wildman–Crippen LogP) is 8.64. The maximum atomic E-state index is 2.54. The molecule has 3 aliphatic rings. The Labute approximate surface area is 349 Å². The van der Waals surface area contributed by atoms with Crippen LogP contribution in [-0.4, -0.2) is 20.0 Å². The second kappa shape index (κ2) is 13.7. The van der Waals surface area contributed by atoms with Crippen LogP contribution < -0.4 is 43.8 Å². The standard InChI is InChI=1S/C55H39BGeN2/c1-5-20-40(21-6-1)57(41-22-7-2-8-23-41)48-31-16-13-28-44(48)54(45-29-14-17-32-49(45)57)39-36-37-47-53(38-39)59(43-26-11-4-12-27-43)52-35-19-34-51-55(52)56(47)46-30-15-18-33-50(46)58(51)42-24-9-3-10-25-42/h1-38,54H. The third kappa shape index (κ3) is 5.01. The van der Waals surface area contributed by atoms with E-state index in [-0.39, 0.29) is 12.6 Å². The van der Waals surface area contributed by atoms with Gasteiger partial charge in [0.15, 0.2) is 0 Å². The number of rotatable bonds is 5. The van der Waals surface area contributed by atoms with Gasteiger partial charge in [0.1, 0.15) is 0 Å². The van der Waals surface area contributed by atoms with Gasteiger partial charge < -0.3 is 0 Å². The third-order valence-electron chi connectivity index (χ3n) is 13.1. The first-order valence-electron chi connectivity index (χ1n) is 20.7. The first-order valence-corrected chi connectivity index (χ1v) is 24.9. The van der Waals surface area contributed by atoms with Crippen LogP contribution in [-0.2, 0) is 0 Å². The molecule has 0 bridgehead atoms. The summed E-state index contributed by atoms with van der Waals surface area (Å²) in [5.41, 5.74) is 15.4. The average molecular weight is 811 g/mol. The van der Waals surface area contributed by atoms with Crippen molar-refractivity contribution in [3.63, 3.8) is 0 Å². The number of fused-ring (bicyclic) bond motifs is 6. The molecule has 59 heavy (non-hydrogen) atoms. The van der Waals surface area contributed by atoms with Gasteiger partial charge in [-0.2, -0.15) is 0 Å². The molecule has 0 radical (unpaired) electrons. The van der Waals surface area contributed by atoms with E-state index in [1.165, 1.54) is 79.1 Å². The first-order chi connectivity index (χ1) is 29.3. The Hall–Kier alpha value is -6.81. The molecule has 9 aromatic rings. The molecule has 12 rings (SSSR count). The van der Waals surface area contributed by atoms with Crippen molar-refractivity contribution < 1.29 is 0 Å². The van der Waals surface area contributed by atoms with Crippen molar-refractivity contribution in [2.24, 2.45) is 0 Å². The molecule has 0 spiro atoms. The summed E-state index contributed by atoms with van der Waals surface area (Å²) in [6.45, 7) is 0.0751. The van der Waals surface area contributed by atoms with E-state index in [0.29, 0.717) is 0 Å². The molecule has 0 unspecified atom stereocenters. The van der Waals surface area contributed by atoms with Gasteiger partial charge >= 0.3 is 321 Å². The van der Waals surface area contributed by atoms with Crippen LogP contribution >= 0.6 is 0 Å². The molecule has 276 valence electrons. The number of hydrogen-bond donors (Lipinski definition) is 0. The molecule has 0 saturated carbocycles. The van der Waals surface area contributed by atoms with E-state index in [0.717, 1.165) is 5.69 Å². The van der Waals surface area contributed by atoms with Crippen molar-refractivity contribution in [3.05, 3.63) is 247 Å². The molecule has 4 heteroatoms. The Kier molecular flexibility index (Phi) is 7.92. The zero-order chi connectivity index (χ0) is 38.9. The first kappa shape index (κ1) is 34.2. The Balaban J connectivity index is 1.12. The Bertz CT molecular complexity index is 2940. The van der Waals surface area contributed by atoms with E-state index in [1.807, 2.05) is 0 Å². The minimum Gasteiger partial charge on any atom is -0.0602 e. The van der Waals surface area contributed by atoms with Crippen LogP contribution in [0.3, 0.4) is 0 Å². The molecule has 2 nitrogen and oxygen atoms in total. The summed E-state index contributed by atoms with van der Waals surface area (Å²) in [5.74, 6) is 0.0662.